The monoisotopic (exact) mass is 206 g/mol. The van der Waals surface area contributed by atoms with Gasteiger partial charge in [-0.3, -0.25) is 4.90 Å². The van der Waals surface area contributed by atoms with Crippen molar-refractivity contribution in [2.24, 2.45) is 5.73 Å². The molecule has 0 aliphatic carbocycles. The highest BCUT2D eigenvalue weighted by atomic mass is 16.3. The van der Waals surface area contributed by atoms with Crippen molar-refractivity contribution in [2.75, 3.05) is 13.1 Å². The molecule has 0 unspecified atom stereocenters. The van der Waals surface area contributed by atoms with Gasteiger partial charge in [0.2, 0.25) is 0 Å². The molecule has 0 saturated carbocycles. The van der Waals surface area contributed by atoms with E-state index in [1.165, 1.54) is 5.56 Å². The maximum Gasteiger partial charge on any atom is 0.0715 e. The van der Waals surface area contributed by atoms with Crippen LogP contribution in [0.15, 0.2) is 30.3 Å². The van der Waals surface area contributed by atoms with E-state index < -0.39 is 0 Å². The molecule has 1 heterocycles. The molecule has 0 radical (unpaired) electrons. The van der Waals surface area contributed by atoms with Crippen molar-refractivity contribution in [1.82, 2.24) is 4.90 Å². The van der Waals surface area contributed by atoms with Crippen LogP contribution in [0.4, 0.5) is 0 Å². The molecule has 0 spiro atoms. The molecule has 3 nitrogen and oxygen atoms in total. The molecule has 15 heavy (non-hydrogen) atoms. The smallest absolute Gasteiger partial charge is 0.0715 e. The third-order valence-corrected chi connectivity index (χ3v) is 2.95. The number of hydrogen-bond donors (Lipinski definition) is 2. The van der Waals surface area contributed by atoms with Crippen molar-refractivity contribution >= 4 is 0 Å². The van der Waals surface area contributed by atoms with Crippen LogP contribution in [0.1, 0.15) is 12.0 Å². The van der Waals surface area contributed by atoms with Crippen molar-refractivity contribution in [3.8, 4) is 0 Å². The minimum Gasteiger partial charge on any atom is -0.391 e. The molecule has 1 aromatic rings. The SMILES string of the molecule is N[C@@H]1CN(Cc2ccccc2)CC[C@H]1O. The molecular formula is C12H18N2O. The summed E-state index contributed by atoms with van der Waals surface area (Å²) in [5, 5.41) is 9.51. The molecular weight excluding hydrogens is 188 g/mol. The number of aliphatic hydroxyl groups excluding tert-OH is 1. The van der Waals surface area contributed by atoms with Crippen LogP contribution in [0.5, 0.6) is 0 Å². The van der Waals surface area contributed by atoms with Crippen LogP contribution in [-0.2, 0) is 6.54 Å². The Balaban J connectivity index is 1.91. The lowest BCUT2D eigenvalue weighted by Gasteiger charge is -2.34. The van der Waals surface area contributed by atoms with Gasteiger partial charge < -0.3 is 10.8 Å². The highest BCUT2D eigenvalue weighted by Crippen LogP contribution is 2.12. The van der Waals surface area contributed by atoms with Crippen LogP contribution >= 0.6 is 0 Å². The summed E-state index contributed by atoms with van der Waals surface area (Å²) in [6, 6.07) is 10.3. The lowest BCUT2D eigenvalue weighted by molar-refractivity contribution is 0.0594. The van der Waals surface area contributed by atoms with Gasteiger partial charge in [-0.1, -0.05) is 30.3 Å². The summed E-state index contributed by atoms with van der Waals surface area (Å²) in [6.45, 7) is 2.65. The van der Waals surface area contributed by atoms with Crippen molar-refractivity contribution in [1.29, 1.82) is 0 Å². The molecule has 0 aromatic heterocycles. The number of benzene rings is 1. The summed E-state index contributed by atoms with van der Waals surface area (Å²) in [4.78, 5) is 2.30. The van der Waals surface area contributed by atoms with Crippen LogP contribution in [0.2, 0.25) is 0 Å². The van der Waals surface area contributed by atoms with Crippen molar-refractivity contribution in [3.05, 3.63) is 35.9 Å². The number of nitrogens with two attached hydrogens (primary N) is 1. The molecule has 3 N–H and O–H groups in total. The predicted octanol–water partition coefficient (Wildman–Crippen LogP) is 0.580. The molecule has 1 aliphatic heterocycles. The van der Waals surface area contributed by atoms with E-state index in [1.807, 2.05) is 18.2 Å². The van der Waals surface area contributed by atoms with Crippen LogP contribution in [0.25, 0.3) is 0 Å². The average molecular weight is 206 g/mol. The number of piperidine rings is 1. The van der Waals surface area contributed by atoms with E-state index >= 15 is 0 Å². The highest BCUT2D eigenvalue weighted by molar-refractivity contribution is 5.14. The Morgan fingerprint density at radius 1 is 1.33 bits per heavy atom. The number of aliphatic hydroxyl groups is 1. The number of hydrogen-bond acceptors (Lipinski definition) is 3. The number of nitrogens with zero attached hydrogens (tertiary/aromatic N) is 1. The standard InChI is InChI=1S/C12H18N2O/c13-11-9-14(7-6-12(11)15)8-10-4-2-1-3-5-10/h1-5,11-12,15H,6-9,13H2/t11-,12-/m1/s1. The van der Waals surface area contributed by atoms with Crippen LogP contribution in [0, 0.1) is 0 Å². The Hall–Kier alpha value is -0.900. The van der Waals surface area contributed by atoms with E-state index in [0.717, 1.165) is 26.1 Å². The lowest BCUT2D eigenvalue weighted by atomic mass is 10.0. The maximum atomic E-state index is 9.51. The zero-order valence-corrected chi connectivity index (χ0v) is 8.84. The quantitative estimate of drug-likeness (QED) is 0.744. The molecule has 1 saturated heterocycles. The maximum absolute atomic E-state index is 9.51. The fraction of sp³-hybridized carbons (Fsp3) is 0.500. The van der Waals surface area contributed by atoms with E-state index in [0.29, 0.717) is 0 Å². The Bertz CT molecular complexity index is 302. The van der Waals surface area contributed by atoms with Crippen LogP contribution in [-0.4, -0.2) is 35.2 Å². The highest BCUT2D eigenvalue weighted by Gasteiger charge is 2.24. The second-order valence-corrected chi connectivity index (χ2v) is 4.24. The summed E-state index contributed by atoms with van der Waals surface area (Å²) < 4.78 is 0. The predicted molar refractivity (Wildman–Crippen MR) is 60.3 cm³/mol. The molecule has 3 heteroatoms. The summed E-state index contributed by atoms with van der Waals surface area (Å²) in [7, 11) is 0. The van der Waals surface area contributed by atoms with Gasteiger partial charge in [-0.05, 0) is 12.0 Å². The first-order valence-corrected chi connectivity index (χ1v) is 5.45. The van der Waals surface area contributed by atoms with Gasteiger partial charge in [-0.15, -0.1) is 0 Å². The molecule has 1 aromatic carbocycles. The van der Waals surface area contributed by atoms with Gasteiger partial charge in [0.15, 0.2) is 0 Å². The van der Waals surface area contributed by atoms with Crippen molar-refractivity contribution in [3.63, 3.8) is 0 Å². The normalized spacial score (nSPS) is 27.9. The zero-order chi connectivity index (χ0) is 10.7. The second kappa shape index (κ2) is 4.75. The molecule has 0 amide bonds. The molecule has 1 fully saturated rings. The first kappa shape index (κ1) is 10.6. The summed E-state index contributed by atoms with van der Waals surface area (Å²) >= 11 is 0. The third-order valence-electron chi connectivity index (χ3n) is 2.95. The van der Waals surface area contributed by atoms with Gasteiger partial charge in [-0.25, -0.2) is 0 Å². The minimum absolute atomic E-state index is 0.0949. The average Bonchev–Trinajstić information content (AvgIpc) is 2.25. The summed E-state index contributed by atoms with van der Waals surface area (Å²) in [5.74, 6) is 0. The van der Waals surface area contributed by atoms with Crippen molar-refractivity contribution in [2.45, 2.75) is 25.1 Å². The zero-order valence-electron chi connectivity index (χ0n) is 8.84. The Morgan fingerprint density at radius 3 is 2.73 bits per heavy atom. The first-order valence-electron chi connectivity index (χ1n) is 5.45. The largest absolute Gasteiger partial charge is 0.391 e. The van der Waals surface area contributed by atoms with E-state index in [-0.39, 0.29) is 12.1 Å². The van der Waals surface area contributed by atoms with E-state index in [9.17, 15) is 5.11 Å². The molecule has 82 valence electrons. The van der Waals surface area contributed by atoms with Gasteiger partial charge in [0.05, 0.1) is 6.10 Å². The summed E-state index contributed by atoms with van der Waals surface area (Å²) in [5.41, 5.74) is 7.14. The lowest BCUT2D eigenvalue weighted by Crippen LogP contribution is -2.50. The summed E-state index contributed by atoms with van der Waals surface area (Å²) in [6.07, 6.45) is 0.464. The fourth-order valence-corrected chi connectivity index (χ4v) is 2.03. The fourth-order valence-electron chi connectivity index (χ4n) is 2.03. The van der Waals surface area contributed by atoms with Gasteiger partial charge in [0.25, 0.3) is 0 Å². The Kier molecular flexibility index (Phi) is 3.36. The third kappa shape index (κ3) is 2.78. The molecule has 0 bridgehead atoms. The topological polar surface area (TPSA) is 49.5 Å². The van der Waals surface area contributed by atoms with E-state index in [4.69, 9.17) is 5.73 Å². The molecule has 1 aliphatic rings. The molecule has 2 rings (SSSR count). The first-order chi connectivity index (χ1) is 7.25. The van der Waals surface area contributed by atoms with Crippen LogP contribution < -0.4 is 5.73 Å². The van der Waals surface area contributed by atoms with Crippen LogP contribution in [0.3, 0.4) is 0 Å². The van der Waals surface area contributed by atoms with Gasteiger partial charge in [-0.2, -0.15) is 0 Å². The second-order valence-electron chi connectivity index (χ2n) is 4.24. The Labute approximate surface area is 90.5 Å². The van der Waals surface area contributed by atoms with Gasteiger partial charge in [0, 0.05) is 25.7 Å². The minimum atomic E-state index is -0.322. The van der Waals surface area contributed by atoms with E-state index in [2.05, 4.69) is 17.0 Å². The molecule has 2 atom stereocenters. The van der Waals surface area contributed by atoms with Gasteiger partial charge in [0.1, 0.15) is 0 Å². The number of likely N-dealkylation sites (tertiary alicyclic amines) is 1. The Morgan fingerprint density at radius 2 is 2.07 bits per heavy atom. The van der Waals surface area contributed by atoms with Gasteiger partial charge >= 0.3 is 0 Å². The van der Waals surface area contributed by atoms with E-state index in [1.54, 1.807) is 0 Å². The number of rotatable bonds is 2. The van der Waals surface area contributed by atoms with Crippen molar-refractivity contribution < 1.29 is 5.11 Å².